The molecule has 0 bridgehead atoms. The van der Waals surface area contributed by atoms with Gasteiger partial charge in [0.2, 0.25) is 0 Å². The summed E-state index contributed by atoms with van der Waals surface area (Å²) < 4.78 is 121. The average molecular weight is 546 g/mol. The van der Waals surface area contributed by atoms with E-state index in [1.807, 2.05) is 0 Å². The number of ether oxygens (including phenoxy) is 2. The smallest absolute Gasteiger partial charge is 0.323 e. The number of carbonyl (C=O) groups excluding carboxylic acids is 2. The fraction of sp³-hybridized carbons (Fsp3) is 0.250. The lowest BCUT2D eigenvalue weighted by Crippen LogP contribution is -2.44. The summed E-state index contributed by atoms with van der Waals surface area (Å²) in [6.45, 7) is 0. The van der Waals surface area contributed by atoms with Crippen LogP contribution >= 0.6 is 0 Å². The molecule has 0 spiro atoms. The van der Waals surface area contributed by atoms with Gasteiger partial charge < -0.3 is 9.47 Å². The summed E-state index contributed by atoms with van der Waals surface area (Å²) in [5.74, 6) is -13.4. The second-order valence-corrected chi connectivity index (χ2v) is 10.5. The molecule has 0 atom stereocenters. The minimum Gasteiger partial charge on any atom is -0.468 e. The van der Waals surface area contributed by atoms with Gasteiger partial charge in [-0.25, -0.2) is 34.8 Å². The highest BCUT2D eigenvalue weighted by Gasteiger charge is 2.56. The van der Waals surface area contributed by atoms with Gasteiger partial charge in [0.25, 0.3) is 0 Å². The maximum Gasteiger partial charge on any atom is 0.323 e. The molecule has 196 valence electrons. The van der Waals surface area contributed by atoms with Crippen molar-refractivity contribution >= 4 is 32.9 Å². The Hall–Kier alpha value is -3.61. The quantitative estimate of drug-likeness (QED) is 0.247. The topological polar surface area (TPSA) is 86.7 Å². The number of methoxy groups -OCH3 is 2. The molecule has 13 heteroatoms. The lowest BCUT2D eigenvalue weighted by Gasteiger charge is -2.34. The predicted octanol–water partition coefficient (Wildman–Crippen LogP) is 4.22. The van der Waals surface area contributed by atoms with Gasteiger partial charge in [-0.05, 0) is 40.5 Å². The summed E-state index contributed by atoms with van der Waals surface area (Å²) in [4.78, 5) is 25.1. The van der Waals surface area contributed by atoms with Gasteiger partial charge >= 0.3 is 11.9 Å². The molecule has 0 radical (unpaired) electrons. The standard InChI is InChI=1S/C24H16F6O6S/c1-35-22(31)24(23(32)36-2)7-11-16(9-4-12(25)19(28)13(26)5-9)18-10(6-14(27)20(29)21(18)30)17(11)15(8-24)37(3,33)34/h4-6H,7-8H2,1-3H3. The lowest BCUT2D eigenvalue weighted by molar-refractivity contribution is -0.169. The maximum atomic E-state index is 15.2. The summed E-state index contributed by atoms with van der Waals surface area (Å²) >= 11 is 0. The van der Waals surface area contributed by atoms with Crippen molar-refractivity contribution in [3.8, 4) is 0 Å². The SMILES string of the molecule is COC(=O)C1(C(=O)OC)CC2=C(c3cc(F)c(F)c(F)c3)c3c(cc(F)c(F)c3F)C2=C(S(C)(=O)=O)C1. The zero-order valence-electron chi connectivity index (χ0n) is 19.3. The number of halogens is 6. The van der Waals surface area contributed by atoms with Gasteiger partial charge in [0.1, 0.15) is 0 Å². The third-order valence-electron chi connectivity index (χ3n) is 6.38. The van der Waals surface area contributed by atoms with Crippen molar-refractivity contribution in [3.63, 3.8) is 0 Å². The first-order valence-electron chi connectivity index (χ1n) is 10.4. The summed E-state index contributed by atoms with van der Waals surface area (Å²) in [5, 5.41) is 0. The van der Waals surface area contributed by atoms with E-state index in [1.54, 1.807) is 0 Å². The van der Waals surface area contributed by atoms with Crippen molar-refractivity contribution < 1.29 is 53.8 Å². The Labute approximate surface area is 206 Å². The van der Waals surface area contributed by atoms with Gasteiger partial charge in [-0.3, -0.25) is 9.59 Å². The van der Waals surface area contributed by atoms with Gasteiger partial charge in [-0.1, -0.05) is 0 Å². The molecule has 0 unspecified atom stereocenters. The van der Waals surface area contributed by atoms with Crippen LogP contribution in [0.3, 0.4) is 0 Å². The van der Waals surface area contributed by atoms with Crippen molar-refractivity contribution in [2.75, 3.05) is 20.5 Å². The molecule has 0 saturated heterocycles. The number of allylic oxidation sites excluding steroid dienone is 3. The Morgan fingerprint density at radius 2 is 1.30 bits per heavy atom. The molecule has 0 amide bonds. The van der Waals surface area contributed by atoms with E-state index in [0.29, 0.717) is 24.5 Å². The molecule has 2 aliphatic carbocycles. The molecular weight excluding hydrogens is 530 g/mol. The van der Waals surface area contributed by atoms with Crippen LogP contribution in [0.15, 0.2) is 28.7 Å². The normalized spacial score (nSPS) is 16.5. The summed E-state index contributed by atoms with van der Waals surface area (Å²) in [6.07, 6.45) is -0.930. The van der Waals surface area contributed by atoms with Crippen LogP contribution in [0.5, 0.6) is 0 Å². The fourth-order valence-corrected chi connectivity index (χ4v) is 5.91. The first kappa shape index (κ1) is 26.5. The number of rotatable bonds is 4. The van der Waals surface area contributed by atoms with E-state index in [4.69, 9.17) is 9.47 Å². The van der Waals surface area contributed by atoms with Crippen LogP contribution in [0.25, 0.3) is 11.1 Å². The summed E-state index contributed by atoms with van der Waals surface area (Å²) in [5.41, 5.74) is -5.59. The van der Waals surface area contributed by atoms with Crippen LogP contribution in [0.4, 0.5) is 26.3 Å². The molecule has 2 aromatic carbocycles. The highest BCUT2D eigenvalue weighted by molar-refractivity contribution is 7.94. The molecule has 6 nitrogen and oxygen atoms in total. The van der Waals surface area contributed by atoms with E-state index >= 15 is 4.39 Å². The number of fused-ring (bicyclic) bond motifs is 3. The Bertz CT molecular complexity index is 1540. The zero-order chi connectivity index (χ0) is 27.6. The van der Waals surface area contributed by atoms with Crippen molar-refractivity contribution in [2.24, 2.45) is 5.41 Å². The van der Waals surface area contributed by atoms with E-state index in [0.717, 1.165) is 14.2 Å². The zero-order valence-corrected chi connectivity index (χ0v) is 20.1. The van der Waals surface area contributed by atoms with E-state index in [2.05, 4.69) is 0 Å². The maximum absolute atomic E-state index is 15.2. The molecule has 0 aliphatic heterocycles. The van der Waals surface area contributed by atoms with E-state index in [-0.39, 0.29) is 11.1 Å². The molecule has 2 aliphatic rings. The molecule has 2 aromatic rings. The van der Waals surface area contributed by atoms with Crippen molar-refractivity contribution in [3.05, 3.63) is 80.3 Å². The van der Waals surface area contributed by atoms with Crippen LogP contribution in [0.1, 0.15) is 29.5 Å². The molecule has 0 fully saturated rings. The monoisotopic (exact) mass is 546 g/mol. The number of sulfone groups is 1. The number of hydrogen-bond acceptors (Lipinski definition) is 6. The first-order chi connectivity index (χ1) is 17.2. The predicted molar refractivity (Wildman–Crippen MR) is 116 cm³/mol. The Morgan fingerprint density at radius 3 is 1.78 bits per heavy atom. The molecular formula is C24H16F6O6S. The second-order valence-electron chi connectivity index (χ2n) is 8.51. The van der Waals surface area contributed by atoms with Crippen molar-refractivity contribution in [1.82, 2.24) is 0 Å². The second kappa shape index (κ2) is 8.75. The van der Waals surface area contributed by atoms with E-state index < -0.39 is 102 Å². The van der Waals surface area contributed by atoms with Gasteiger partial charge in [0.05, 0.1) is 19.1 Å². The van der Waals surface area contributed by atoms with Crippen LogP contribution in [0.2, 0.25) is 0 Å². The number of hydrogen-bond donors (Lipinski definition) is 0. The average Bonchev–Trinajstić information content (AvgIpc) is 3.16. The summed E-state index contributed by atoms with van der Waals surface area (Å²) in [7, 11) is -2.55. The third-order valence-corrected chi connectivity index (χ3v) is 7.62. The minimum absolute atomic E-state index is 0.369. The molecule has 4 rings (SSSR count). The van der Waals surface area contributed by atoms with Gasteiger partial charge in [-0.2, -0.15) is 0 Å². The van der Waals surface area contributed by atoms with Crippen molar-refractivity contribution in [1.29, 1.82) is 0 Å². The van der Waals surface area contributed by atoms with E-state index in [9.17, 15) is 40.0 Å². The Balaban J connectivity index is 2.25. The fourth-order valence-electron chi connectivity index (χ4n) is 4.79. The first-order valence-corrected chi connectivity index (χ1v) is 12.3. The van der Waals surface area contributed by atoms with E-state index in [1.165, 1.54) is 0 Å². The Morgan fingerprint density at radius 1 is 0.784 bits per heavy atom. The lowest BCUT2D eigenvalue weighted by atomic mass is 9.71. The van der Waals surface area contributed by atoms with Gasteiger partial charge in [-0.15, -0.1) is 0 Å². The number of esters is 2. The minimum atomic E-state index is -4.36. The van der Waals surface area contributed by atoms with Crippen LogP contribution in [-0.2, 0) is 28.9 Å². The molecule has 0 saturated carbocycles. The number of benzene rings is 2. The molecule has 0 aromatic heterocycles. The van der Waals surface area contributed by atoms with Crippen LogP contribution < -0.4 is 0 Å². The largest absolute Gasteiger partial charge is 0.468 e. The van der Waals surface area contributed by atoms with Crippen molar-refractivity contribution in [2.45, 2.75) is 12.8 Å². The Kier molecular flexibility index (Phi) is 6.26. The molecule has 0 heterocycles. The highest BCUT2D eigenvalue weighted by atomic mass is 32.2. The third kappa shape index (κ3) is 3.83. The highest BCUT2D eigenvalue weighted by Crippen LogP contribution is 2.57. The number of carbonyl (C=O) groups is 2. The van der Waals surface area contributed by atoms with Crippen LogP contribution in [0, 0.1) is 40.3 Å². The molecule has 0 N–H and O–H groups in total. The molecule has 37 heavy (non-hydrogen) atoms. The van der Waals surface area contributed by atoms with Crippen LogP contribution in [-0.4, -0.2) is 40.8 Å². The van der Waals surface area contributed by atoms with Gasteiger partial charge in [0.15, 0.2) is 50.2 Å². The van der Waals surface area contributed by atoms with Gasteiger partial charge in [0, 0.05) is 30.2 Å². The summed E-state index contributed by atoms with van der Waals surface area (Å²) in [6, 6.07) is 1.35.